The third kappa shape index (κ3) is 1.95. The zero-order valence-corrected chi connectivity index (χ0v) is 7.47. The lowest BCUT2D eigenvalue weighted by molar-refractivity contribution is -0.126. The molecule has 0 aliphatic heterocycles. The number of rotatable bonds is 4. The van der Waals surface area contributed by atoms with Crippen molar-refractivity contribution in [2.75, 3.05) is 13.1 Å². The van der Waals surface area contributed by atoms with Crippen LogP contribution in [0.2, 0.25) is 0 Å². The SMILES string of the molecule is CC(N)(C(=O)NCCN)C1CC1. The molecule has 70 valence electrons. The maximum atomic E-state index is 11.4. The van der Waals surface area contributed by atoms with Gasteiger partial charge in [0.2, 0.25) is 5.91 Å². The third-order valence-electron chi connectivity index (χ3n) is 2.34. The monoisotopic (exact) mass is 171 g/mol. The Labute approximate surface area is 72.7 Å². The van der Waals surface area contributed by atoms with Gasteiger partial charge in [-0.15, -0.1) is 0 Å². The molecule has 4 nitrogen and oxygen atoms in total. The van der Waals surface area contributed by atoms with E-state index in [0.717, 1.165) is 12.8 Å². The Morgan fingerprint density at radius 1 is 1.67 bits per heavy atom. The lowest BCUT2D eigenvalue weighted by Crippen LogP contribution is -2.54. The highest BCUT2D eigenvalue weighted by atomic mass is 16.2. The predicted molar refractivity (Wildman–Crippen MR) is 47.4 cm³/mol. The van der Waals surface area contributed by atoms with Crippen molar-refractivity contribution in [3.05, 3.63) is 0 Å². The Hall–Kier alpha value is -0.610. The molecule has 1 rings (SSSR count). The van der Waals surface area contributed by atoms with Crippen LogP contribution < -0.4 is 16.8 Å². The Kier molecular flexibility index (Phi) is 2.69. The summed E-state index contributed by atoms with van der Waals surface area (Å²) >= 11 is 0. The molecular formula is C8H17N3O. The largest absolute Gasteiger partial charge is 0.353 e. The fraction of sp³-hybridized carbons (Fsp3) is 0.875. The van der Waals surface area contributed by atoms with Gasteiger partial charge in [0.15, 0.2) is 0 Å². The molecule has 0 bridgehead atoms. The van der Waals surface area contributed by atoms with Crippen LogP contribution in [-0.2, 0) is 4.79 Å². The Bertz CT molecular complexity index is 175. The fourth-order valence-corrected chi connectivity index (χ4v) is 1.24. The Balaban J connectivity index is 2.38. The molecule has 1 atom stereocenters. The summed E-state index contributed by atoms with van der Waals surface area (Å²) < 4.78 is 0. The third-order valence-corrected chi connectivity index (χ3v) is 2.34. The molecule has 1 unspecified atom stereocenters. The topological polar surface area (TPSA) is 81.1 Å². The number of hydrogen-bond acceptors (Lipinski definition) is 3. The Morgan fingerprint density at radius 3 is 2.67 bits per heavy atom. The van der Waals surface area contributed by atoms with Gasteiger partial charge in [-0.2, -0.15) is 0 Å². The molecule has 1 aliphatic carbocycles. The molecule has 1 amide bonds. The van der Waals surface area contributed by atoms with E-state index in [4.69, 9.17) is 11.5 Å². The quantitative estimate of drug-likeness (QED) is 0.517. The van der Waals surface area contributed by atoms with Gasteiger partial charge in [0.25, 0.3) is 0 Å². The zero-order chi connectivity index (χ0) is 9.19. The second-order valence-electron chi connectivity index (χ2n) is 3.60. The van der Waals surface area contributed by atoms with Crippen molar-refractivity contribution in [1.29, 1.82) is 0 Å². The molecule has 12 heavy (non-hydrogen) atoms. The number of nitrogens with one attached hydrogen (secondary N) is 1. The highest BCUT2D eigenvalue weighted by Gasteiger charge is 2.43. The first-order chi connectivity index (χ1) is 5.59. The molecule has 0 aromatic rings. The molecule has 4 heteroatoms. The first-order valence-corrected chi connectivity index (χ1v) is 4.36. The lowest BCUT2D eigenvalue weighted by atomic mass is 9.96. The fourth-order valence-electron chi connectivity index (χ4n) is 1.24. The number of hydrogen-bond donors (Lipinski definition) is 3. The van der Waals surface area contributed by atoms with Gasteiger partial charge in [0.1, 0.15) is 0 Å². The van der Waals surface area contributed by atoms with Crippen molar-refractivity contribution < 1.29 is 4.79 Å². The van der Waals surface area contributed by atoms with Crippen LogP contribution in [0, 0.1) is 5.92 Å². The van der Waals surface area contributed by atoms with Gasteiger partial charge in [-0.3, -0.25) is 4.79 Å². The van der Waals surface area contributed by atoms with E-state index in [1.54, 1.807) is 6.92 Å². The zero-order valence-electron chi connectivity index (χ0n) is 7.47. The van der Waals surface area contributed by atoms with Crippen LogP contribution in [-0.4, -0.2) is 24.5 Å². The molecule has 5 N–H and O–H groups in total. The molecule has 1 fully saturated rings. The van der Waals surface area contributed by atoms with Crippen molar-refractivity contribution in [3.8, 4) is 0 Å². The smallest absolute Gasteiger partial charge is 0.240 e. The summed E-state index contributed by atoms with van der Waals surface area (Å²) in [5.74, 6) is 0.297. The van der Waals surface area contributed by atoms with Gasteiger partial charge in [-0.25, -0.2) is 0 Å². The maximum Gasteiger partial charge on any atom is 0.240 e. The van der Waals surface area contributed by atoms with Crippen LogP contribution in [0.5, 0.6) is 0 Å². The van der Waals surface area contributed by atoms with Crippen LogP contribution in [0.15, 0.2) is 0 Å². The normalized spacial score (nSPS) is 21.6. The number of carbonyl (C=O) groups is 1. The van der Waals surface area contributed by atoms with Crippen LogP contribution >= 0.6 is 0 Å². The molecule has 1 aliphatic rings. The van der Waals surface area contributed by atoms with Crippen molar-refractivity contribution in [1.82, 2.24) is 5.32 Å². The molecule has 0 radical (unpaired) electrons. The predicted octanol–water partition coefficient (Wildman–Crippen LogP) is -0.811. The Morgan fingerprint density at radius 2 is 2.25 bits per heavy atom. The second-order valence-corrected chi connectivity index (χ2v) is 3.60. The lowest BCUT2D eigenvalue weighted by Gasteiger charge is -2.22. The van der Waals surface area contributed by atoms with Crippen LogP contribution in [0.25, 0.3) is 0 Å². The van der Waals surface area contributed by atoms with Crippen LogP contribution in [0.4, 0.5) is 0 Å². The summed E-state index contributed by atoms with van der Waals surface area (Å²) in [6, 6.07) is 0. The van der Waals surface area contributed by atoms with E-state index in [9.17, 15) is 4.79 Å². The van der Waals surface area contributed by atoms with Gasteiger partial charge in [0, 0.05) is 13.1 Å². The minimum Gasteiger partial charge on any atom is -0.353 e. The maximum absolute atomic E-state index is 11.4. The molecular weight excluding hydrogens is 154 g/mol. The van der Waals surface area contributed by atoms with Crippen molar-refractivity contribution in [2.24, 2.45) is 17.4 Å². The molecule has 0 aromatic heterocycles. The van der Waals surface area contributed by atoms with Crippen LogP contribution in [0.3, 0.4) is 0 Å². The molecule has 0 heterocycles. The molecule has 1 saturated carbocycles. The van der Waals surface area contributed by atoms with Gasteiger partial charge in [-0.05, 0) is 25.7 Å². The van der Waals surface area contributed by atoms with Crippen molar-refractivity contribution in [2.45, 2.75) is 25.3 Å². The van der Waals surface area contributed by atoms with Gasteiger partial charge < -0.3 is 16.8 Å². The summed E-state index contributed by atoms with van der Waals surface area (Å²) in [4.78, 5) is 11.4. The minimum absolute atomic E-state index is 0.0737. The minimum atomic E-state index is -0.685. The average Bonchev–Trinajstić information content (AvgIpc) is 2.81. The summed E-state index contributed by atoms with van der Waals surface area (Å²) in [6.07, 6.45) is 2.14. The van der Waals surface area contributed by atoms with E-state index in [1.165, 1.54) is 0 Å². The van der Waals surface area contributed by atoms with E-state index in [2.05, 4.69) is 5.32 Å². The van der Waals surface area contributed by atoms with E-state index in [-0.39, 0.29) is 5.91 Å². The van der Waals surface area contributed by atoms with Gasteiger partial charge in [0.05, 0.1) is 5.54 Å². The summed E-state index contributed by atoms with van der Waals surface area (Å²) in [5, 5.41) is 2.70. The average molecular weight is 171 g/mol. The van der Waals surface area contributed by atoms with E-state index < -0.39 is 5.54 Å². The van der Waals surface area contributed by atoms with Gasteiger partial charge in [-0.1, -0.05) is 0 Å². The van der Waals surface area contributed by atoms with Gasteiger partial charge >= 0.3 is 0 Å². The first kappa shape index (κ1) is 9.48. The number of nitrogens with two attached hydrogens (primary N) is 2. The summed E-state index contributed by atoms with van der Waals surface area (Å²) in [6.45, 7) is 2.77. The molecule has 0 saturated heterocycles. The van der Waals surface area contributed by atoms with Crippen molar-refractivity contribution >= 4 is 5.91 Å². The standard InChI is InChI=1S/C8H17N3O/c1-8(10,6-2-3-6)7(12)11-5-4-9/h6H,2-5,9-10H2,1H3,(H,11,12). The highest BCUT2D eigenvalue weighted by molar-refractivity contribution is 5.86. The van der Waals surface area contributed by atoms with E-state index >= 15 is 0 Å². The summed E-state index contributed by atoms with van der Waals surface area (Å²) in [7, 11) is 0. The molecule has 0 aromatic carbocycles. The highest BCUT2D eigenvalue weighted by Crippen LogP contribution is 2.37. The van der Waals surface area contributed by atoms with Crippen molar-refractivity contribution in [3.63, 3.8) is 0 Å². The van der Waals surface area contributed by atoms with Crippen LogP contribution in [0.1, 0.15) is 19.8 Å². The number of amides is 1. The first-order valence-electron chi connectivity index (χ1n) is 4.36. The van der Waals surface area contributed by atoms with E-state index in [1.807, 2.05) is 0 Å². The van der Waals surface area contributed by atoms with E-state index in [0.29, 0.717) is 19.0 Å². The second kappa shape index (κ2) is 3.41. The molecule has 0 spiro atoms. The summed E-state index contributed by atoms with van der Waals surface area (Å²) in [5.41, 5.74) is 10.4. The number of carbonyl (C=O) groups excluding carboxylic acids is 1.